The van der Waals surface area contributed by atoms with Crippen LogP contribution in [-0.2, 0) is 16.1 Å². The number of hydrazine groups is 1. The van der Waals surface area contributed by atoms with Crippen molar-refractivity contribution < 1.29 is 9.59 Å². The Kier molecular flexibility index (Phi) is 3.27. The van der Waals surface area contributed by atoms with Crippen LogP contribution in [-0.4, -0.2) is 45.7 Å². The van der Waals surface area contributed by atoms with Crippen molar-refractivity contribution in [3.63, 3.8) is 0 Å². The first kappa shape index (κ1) is 12.9. The number of carbonyl (C=O) groups excluding carboxylic acids is 2. The number of pyridine rings is 1. The topological polar surface area (TPSA) is 91.6 Å². The Morgan fingerprint density at radius 3 is 3.05 bits per heavy atom. The average Bonchev–Trinajstić information content (AvgIpc) is 2.95. The number of aromatic nitrogens is 1. The van der Waals surface area contributed by atoms with Crippen LogP contribution in [0.25, 0.3) is 0 Å². The molecule has 0 aliphatic carbocycles. The lowest BCUT2D eigenvalue weighted by Crippen LogP contribution is -2.56. The molecule has 1 aromatic rings. The van der Waals surface area contributed by atoms with Gasteiger partial charge in [-0.25, -0.2) is 10.8 Å². The molecule has 20 heavy (non-hydrogen) atoms. The number of nitrogens with zero attached hydrogens (tertiary/aromatic N) is 3. The molecule has 2 amide bonds. The van der Waals surface area contributed by atoms with Crippen molar-refractivity contribution >= 4 is 17.6 Å². The lowest BCUT2D eigenvalue weighted by molar-refractivity contribution is -0.154. The Labute approximate surface area is 116 Å². The zero-order valence-corrected chi connectivity index (χ0v) is 11.1. The highest BCUT2D eigenvalue weighted by molar-refractivity contribution is 5.95. The zero-order chi connectivity index (χ0) is 14.1. The predicted octanol–water partition coefficient (Wildman–Crippen LogP) is -0.300. The summed E-state index contributed by atoms with van der Waals surface area (Å²) in [4.78, 5) is 32.0. The highest BCUT2D eigenvalue weighted by Crippen LogP contribution is 2.24. The predicted molar refractivity (Wildman–Crippen MR) is 72.2 cm³/mol. The standard InChI is InChI=1S/C13H17N5O2/c14-16-11-5-1-3-9(15-11)7-17-8-12(19)18-6-2-4-10(18)13(17)20/h1,3,5,10H,2,4,6-8,14H2,(H,15,16). The molecule has 2 fully saturated rings. The van der Waals surface area contributed by atoms with E-state index in [4.69, 9.17) is 5.84 Å². The Hall–Kier alpha value is -2.15. The second-order valence-corrected chi connectivity index (χ2v) is 5.10. The molecule has 3 heterocycles. The number of hydrogen-bond donors (Lipinski definition) is 2. The van der Waals surface area contributed by atoms with E-state index in [1.807, 2.05) is 12.1 Å². The number of nitrogens with one attached hydrogen (secondary N) is 1. The van der Waals surface area contributed by atoms with E-state index in [1.54, 1.807) is 15.9 Å². The molecule has 0 radical (unpaired) electrons. The van der Waals surface area contributed by atoms with Crippen LogP contribution < -0.4 is 11.3 Å². The summed E-state index contributed by atoms with van der Waals surface area (Å²) in [6.07, 6.45) is 1.67. The van der Waals surface area contributed by atoms with E-state index < -0.39 is 0 Å². The normalized spacial score (nSPS) is 22.1. The van der Waals surface area contributed by atoms with Crippen LogP contribution in [0.15, 0.2) is 18.2 Å². The highest BCUT2D eigenvalue weighted by atomic mass is 16.2. The van der Waals surface area contributed by atoms with Crippen LogP contribution in [0.4, 0.5) is 5.82 Å². The van der Waals surface area contributed by atoms with Gasteiger partial charge < -0.3 is 15.2 Å². The molecule has 3 rings (SSSR count). The largest absolute Gasteiger partial charge is 0.329 e. The van der Waals surface area contributed by atoms with Crippen molar-refractivity contribution in [3.8, 4) is 0 Å². The number of anilines is 1. The Morgan fingerprint density at radius 2 is 2.25 bits per heavy atom. The van der Waals surface area contributed by atoms with Crippen molar-refractivity contribution in [2.24, 2.45) is 5.84 Å². The van der Waals surface area contributed by atoms with Gasteiger partial charge in [0.2, 0.25) is 11.8 Å². The number of nitrogens with two attached hydrogens (primary N) is 1. The quantitative estimate of drug-likeness (QED) is 0.584. The number of fused-ring (bicyclic) bond motifs is 1. The summed E-state index contributed by atoms with van der Waals surface area (Å²) in [6, 6.07) is 5.10. The van der Waals surface area contributed by atoms with Crippen molar-refractivity contribution in [1.29, 1.82) is 0 Å². The molecule has 106 valence electrons. The van der Waals surface area contributed by atoms with Crippen LogP contribution >= 0.6 is 0 Å². The van der Waals surface area contributed by atoms with E-state index in [0.29, 0.717) is 24.6 Å². The van der Waals surface area contributed by atoms with Gasteiger partial charge in [-0.3, -0.25) is 9.59 Å². The molecule has 3 N–H and O–H groups in total. The van der Waals surface area contributed by atoms with Gasteiger partial charge in [-0.1, -0.05) is 6.07 Å². The maximum atomic E-state index is 12.4. The molecule has 1 aromatic heterocycles. The smallest absolute Gasteiger partial charge is 0.246 e. The lowest BCUT2D eigenvalue weighted by atomic mass is 10.1. The first-order valence-electron chi connectivity index (χ1n) is 6.70. The minimum absolute atomic E-state index is 0.0232. The molecular weight excluding hydrogens is 258 g/mol. The Balaban J connectivity index is 1.76. The van der Waals surface area contributed by atoms with E-state index in [1.165, 1.54) is 0 Å². The van der Waals surface area contributed by atoms with E-state index in [0.717, 1.165) is 12.8 Å². The highest BCUT2D eigenvalue weighted by Gasteiger charge is 2.41. The SMILES string of the molecule is NNc1cccc(CN2CC(=O)N3CCCC3C2=O)n1. The fourth-order valence-corrected chi connectivity index (χ4v) is 2.84. The van der Waals surface area contributed by atoms with Gasteiger partial charge in [0.15, 0.2) is 0 Å². The van der Waals surface area contributed by atoms with Gasteiger partial charge in [-0.15, -0.1) is 0 Å². The maximum absolute atomic E-state index is 12.4. The Morgan fingerprint density at radius 1 is 1.40 bits per heavy atom. The number of amides is 2. The van der Waals surface area contributed by atoms with E-state index in [9.17, 15) is 9.59 Å². The maximum Gasteiger partial charge on any atom is 0.246 e. The molecular formula is C13H17N5O2. The van der Waals surface area contributed by atoms with Crippen molar-refractivity contribution in [2.75, 3.05) is 18.5 Å². The molecule has 0 bridgehead atoms. The lowest BCUT2D eigenvalue weighted by Gasteiger charge is -2.36. The van der Waals surface area contributed by atoms with Crippen molar-refractivity contribution in [2.45, 2.75) is 25.4 Å². The first-order chi connectivity index (χ1) is 9.69. The van der Waals surface area contributed by atoms with Crippen LogP contribution in [0.3, 0.4) is 0 Å². The van der Waals surface area contributed by atoms with Crippen LogP contribution in [0.1, 0.15) is 18.5 Å². The minimum Gasteiger partial charge on any atom is -0.329 e. The molecule has 7 heteroatoms. The first-order valence-corrected chi connectivity index (χ1v) is 6.70. The second kappa shape index (κ2) is 5.09. The van der Waals surface area contributed by atoms with Gasteiger partial charge >= 0.3 is 0 Å². The zero-order valence-electron chi connectivity index (χ0n) is 11.1. The van der Waals surface area contributed by atoms with Crippen LogP contribution in [0, 0.1) is 0 Å². The second-order valence-electron chi connectivity index (χ2n) is 5.10. The van der Waals surface area contributed by atoms with Crippen LogP contribution in [0.2, 0.25) is 0 Å². The fourth-order valence-electron chi connectivity index (χ4n) is 2.84. The summed E-state index contributed by atoms with van der Waals surface area (Å²) in [5.41, 5.74) is 3.19. The van der Waals surface area contributed by atoms with E-state index >= 15 is 0 Å². The summed E-state index contributed by atoms with van der Waals surface area (Å²) < 4.78 is 0. The number of rotatable bonds is 3. The minimum atomic E-state index is -0.271. The molecule has 2 aliphatic heterocycles. The van der Waals surface area contributed by atoms with E-state index in [-0.39, 0.29) is 24.4 Å². The van der Waals surface area contributed by atoms with Crippen molar-refractivity contribution in [3.05, 3.63) is 23.9 Å². The van der Waals surface area contributed by atoms with Gasteiger partial charge in [-0.2, -0.15) is 0 Å². The Bertz CT molecular complexity index is 547. The molecule has 0 aromatic carbocycles. The number of carbonyl (C=O) groups is 2. The summed E-state index contributed by atoms with van der Waals surface area (Å²) in [5.74, 6) is 5.91. The summed E-state index contributed by atoms with van der Waals surface area (Å²) in [6.45, 7) is 1.18. The number of nitrogen functional groups attached to an aromatic ring is 1. The number of hydrogen-bond acceptors (Lipinski definition) is 5. The van der Waals surface area contributed by atoms with Crippen molar-refractivity contribution in [1.82, 2.24) is 14.8 Å². The van der Waals surface area contributed by atoms with Gasteiger partial charge in [0.1, 0.15) is 18.4 Å². The molecule has 0 saturated carbocycles. The summed E-state index contributed by atoms with van der Waals surface area (Å²) >= 11 is 0. The third kappa shape index (κ3) is 2.20. The van der Waals surface area contributed by atoms with Gasteiger partial charge in [0.05, 0.1) is 12.2 Å². The van der Waals surface area contributed by atoms with Gasteiger partial charge in [0, 0.05) is 6.54 Å². The third-order valence-electron chi connectivity index (χ3n) is 3.80. The average molecular weight is 275 g/mol. The van der Waals surface area contributed by atoms with Gasteiger partial charge in [-0.05, 0) is 25.0 Å². The number of piperazine rings is 1. The van der Waals surface area contributed by atoms with E-state index in [2.05, 4.69) is 10.4 Å². The summed E-state index contributed by atoms with van der Waals surface area (Å²) in [5, 5.41) is 0. The van der Waals surface area contributed by atoms with Gasteiger partial charge in [0.25, 0.3) is 0 Å². The molecule has 7 nitrogen and oxygen atoms in total. The molecule has 0 spiro atoms. The fraction of sp³-hybridized carbons (Fsp3) is 0.462. The monoisotopic (exact) mass is 275 g/mol. The molecule has 2 aliphatic rings. The molecule has 1 unspecified atom stereocenters. The third-order valence-corrected chi connectivity index (χ3v) is 3.80. The van der Waals surface area contributed by atoms with Crippen LogP contribution in [0.5, 0.6) is 0 Å². The molecule has 1 atom stereocenters. The molecule has 2 saturated heterocycles. The summed E-state index contributed by atoms with van der Waals surface area (Å²) in [7, 11) is 0.